The summed E-state index contributed by atoms with van der Waals surface area (Å²) in [5.74, 6) is -0.754. The molecule has 3 aromatic rings. The SMILES string of the molecule is CN(C)CCN1CCN(c2ccc(C(=O)NC(Cc3ccccc3)c3ccccc3)cc2C(N)=O)CC1. The number of carbonyl (C=O) groups excluding carboxylic acids is 2. The second-order valence-corrected chi connectivity index (χ2v) is 9.85. The molecule has 4 rings (SSSR count). The molecular formula is C30H37N5O2. The van der Waals surface area contributed by atoms with Crippen molar-refractivity contribution in [2.45, 2.75) is 12.5 Å². The van der Waals surface area contributed by atoms with Gasteiger partial charge < -0.3 is 20.9 Å². The highest BCUT2D eigenvalue weighted by molar-refractivity contribution is 6.03. The van der Waals surface area contributed by atoms with Gasteiger partial charge in [-0.3, -0.25) is 14.5 Å². The summed E-state index contributed by atoms with van der Waals surface area (Å²) in [4.78, 5) is 32.6. The molecule has 0 saturated carbocycles. The van der Waals surface area contributed by atoms with Gasteiger partial charge in [-0.1, -0.05) is 60.7 Å². The van der Waals surface area contributed by atoms with Crippen molar-refractivity contribution >= 4 is 17.5 Å². The molecule has 37 heavy (non-hydrogen) atoms. The van der Waals surface area contributed by atoms with Gasteiger partial charge in [-0.2, -0.15) is 0 Å². The lowest BCUT2D eigenvalue weighted by molar-refractivity contribution is 0.0936. The molecule has 0 aromatic heterocycles. The maximum Gasteiger partial charge on any atom is 0.251 e. The first-order chi connectivity index (χ1) is 17.9. The molecule has 0 spiro atoms. The molecule has 1 heterocycles. The molecule has 1 unspecified atom stereocenters. The summed E-state index contributed by atoms with van der Waals surface area (Å²) in [5, 5.41) is 3.18. The van der Waals surface area contributed by atoms with Crippen molar-refractivity contribution in [3.8, 4) is 0 Å². The number of primary amides is 1. The van der Waals surface area contributed by atoms with Crippen LogP contribution in [0.15, 0.2) is 78.9 Å². The number of piperazine rings is 1. The van der Waals surface area contributed by atoms with E-state index in [-0.39, 0.29) is 11.9 Å². The molecule has 1 aliphatic rings. The predicted octanol–water partition coefficient (Wildman–Crippen LogP) is 3.18. The molecule has 7 nitrogen and oxygen atoms in total. The van der Waals surface area contributed by atoms with Crippen LogP contribution in [0.2, 0.25) is 0 Å². The van der Waals surface area contributed by atoms with Crippen molar-refractivity contribution in [1.82, 2.24) is 15.1 Å². The molecule has 1 aliphatic heterocycles. The van der Waals surface area contributed by atoms with Gasteiger partial charge in [0.15, 0.2) is 0 Å². The monoisotopic (exact) mass is 499 g/mol. The number of anilines is 1. The number of nitrogens with zero attached hydrogens (tertiary/aromatic N) is 3. The highest BCUT2D eigenvalue weighted by atomic mass is 16.2. The van der Waals surface area contributed by atoms with E-state index in [9.17, 15) is 9.59 Å². The number of nitrogens with one attached hydrogen (secondary N) is 1. The van der Waals surface area contributed by atoms with Crippen molar-refractivity contribution in [1.29, 1.82) is 0 Å². The van der Waals surface area contributed by atoms with Crippen molar-refractivity contribution in [3.63, 3.8) is 0 Å². The zero-order valence-electron chi connectivity index (χ0n) is 21.8. The third kappa shape index (κ3) is 7.18. The molecule has 3 aromatic carbocycles. The third-order valence-electron chi connectivity index (χ3n) is 6.89. The van der Waals surface area contributed by atoms with E-state index in [0.29, 0.717) is 17.5 Å². The molecule has 1 saturated heterocycles. The van der Waals surface area contributed by atoms with Crippen LogP contribution < -0.4 is 16.0 Å². The van der Waals surface area contributed by atoms with E-state index in [4.69, 9.17) is 5.73 Å². The molecule has 194 valence electrons. The highest BCUT2D eigenvalue weighted by Gasteiger charge is 2.23. The Balaban J connectivity index is 1.49. The van der Waals surface area contributed by atoms with Gasteiger partial charge in [-0.25, -0.2) is 0 Å². The van der Waals surface area contributed by atoms with Gasteiger partial charge in [0.1, 0.15) is 0 Å². The number of hydrogen-bond acceptors (Lipinski definition) is 5. The van der Waals surface area contributed by atoms with Gasteiger partial charge in [-0.15, -0.1) is 0 Å². The van der Waals surface area contributed by atoms with Crippen LogP contribution in [0.4, 0.5) is 5.69 Å². The van der Waals surface area contributed by atoms with Crippen LogP contribution in [0.3, 0.4) is 0 Å². The fourth-order valence-electron chi connectivity index (χ4n) is 4.73. The Labute approximate surface area is 219 Å². The first-order valence-corrected chi connectivity index (χ1v) is 12.9. The molecule has 0 radical (unpaired) electrons. The van der Waals surface area contributed by atoms with Crippen LogP contribution in [0.5, 0.6) is 0 Å². The van der Waals surface area contributed by atoms with E-state index in [2.05, 4.69) is 46.2 Å². The maximum absolute atomic E-state index is 13.4. The first-order valence-electron chi connectivity index (χ1n) is 12.9. The van der Waals surface area contributed by atoms with Gasteiger partial charge in [-0.05, 0) is 49.8 Å². The number of benzene rings is 3. The van der Waals surface area contributed by atoms with E-state index < -0.39 is 5.91 Å². The van der Waals surface area contributed by atoms with Crippen LogP contribution in [-0.4, -0.2) is 75.0 Å². The molecule has 3 N–H and O–H groups in total. The van der Waals surface area contributed by atoms with E-state index in [0.717, 1.165) is 56.1 Å². The predicted molar refractivity (Wildman–Crippen MR) is 149 cm³/mol. The number of nitrogens with two attached hydrogens (primary N) is 1. The number of rotatable bonds is 10. The molecule has 0 aliphatic carbocycles. The van der Waals surface area contributed by atoms with Crippen LogP contribution in [0.1, 0.15) is 37.9 Å². The summed E-state index contributed by atoms with van der Waals surface area (Å²) in [7, 11) is 4.16. The van der Waals surface area contributed by atoms with Gasteiger partial charge in [0, 0.05) is 50.5 Å². The normalized spacial score (nSPS) is 14.9. The molecule has 2 amide bonds. The average molecular weight is 500 g/mol. The van der Waals surface area contributed by atoms with Crippen molar-refractivity contribution < 1.29 is 9.59 Å². The Hall–Kier alpha value is -3.68. The Morgan fingerprint density at radius 3 is 2.19 bits per heavy atom. The van der Waals surface area contributed by atoms with Crippen molar-refractivity contribution in [2.75, 3.05) is 58.3 Å². The first kappa shape index (κ1) is 26.4. The minimum Gasteiger partial charge on any atom is -0.368 e. The summed E-state index contributed by atoms with van der Waals surface area (Å²) < 4.78 is 0. The minimum atomic E-state index is -0.524. The summed E-state index contributed by atoms with van der Waals surface area (Å²) >= 11 is 0. The zero-order chi connectivity index (χ0) is 26.2. The largest absolute Gasteiger partial charge is 0.368 e. The Bertz CT molecular complexity index is 1180. The number of likely N-dealkylation sites (N-methyl/N-ethyl adjacent to an activating group) is 1. The number of amides is 2. The standard InChI is InChI=1S/C30H37N5O2/c1-33(2)15-16-34-17-19-35(20-18-34)28-14-13-25(22-26(28)29(31)36)30(37)32-27(24-11-7-4-8-12-24)21-23-9-5-3-6-10-23/h3-14,22,27H,15-21H2,1-2H3,(H2,31,36)(H,32,37). The van der Waals surface area contributed by atoms with Gasteiger partial charge in [0.25, 0.3) is 11.8 Å². The molecule has 0 bridgehead atoms. The summed E-state index contributed by atoms with van der Waals surface area (Å²) in [5.41, 5.74) is 9.54. The van der Waals surface area contributed by atoms with Crippen LogP contribution in [0.25, 0.3) is 0 Å². The van der Waals surface area contributed by atoms with Crippen LogP contribution in [-0.2, 0) is 6.42 Å². The Morgan fingerprint density at radius 1 is 0.919 bits per heavy atom. The van der Waals surface area contributed by atoms with Gasteiger partial charge >= 0.3 is 0 Å². The van der Waals surface area contributed by atoms with Crippen LogP contribution >= 0.6 is 0 Å². The zero-order valence-corrected chi connectivity index (χ0v) is 21.8. The molecule has 1 atom stereocenters. The van der Waals surface area contributed by atoms with Gasteiger partial charge in [0.05, 0.1) is 11.6 Å². The summed E-state index contributed by atoms with van der Waals surface area (Å²) in [6.45, 7) is 5.51. The average Bonchev–Trinajstić information content (AvgIpc) is 2.92. The molecule has 1 fully saturated rings. The summed E-state index contributed by atoms with van der Waals surface area (Å²) in [6, 6.07) is 25.1. The molecule has 7 heteroatoms. The van der Waals surface area contributed by atoms with Crippen LogP contribution in [0, 0.1) is 0 Å². The second-order valence-electron chi connectivity index (χ2n) is 9.85. The second kappa shape index (κ2) is 12.5. The quantitative estimate of drug-likeness (QED) is 0.448. The smallest absolute Gasteiger partial charge is 0.251 e. The van der Waals surface area contributed by atoms with E-state index >= 15 is 0 Å². The van der Waals surface area contributed by atoms with Crippen molar-refractivity contribution in [2.24, 2.45) is 5.73 Å². The lowest BCUT2D eigenvalue weighted by Gasteiger charge is -2.37. The fourth-order valence-corrected chi connectivity index (χ4v) is 4.73. The Kier molecular flexibility index (Phi) is 8.93. The number of carbonyl (C=O) groups is 2. The summed E-state index contributed by atoms with van der Waals surface area (Å²) in [6.07, 6.45) is 0.662. The van der Waals surface area contributed by atoms with E-state index in [1.54, 1.807) is 12.1 Å². The lowest BCUT2D eigenvalue weighted by atomic mass is 9.98. The van der Waals surface area contributed by atoms with Gasteiger partial charge in [0.2, 0.25) is 0 Å². The van der Waals surface area contributed by atoms with E-state index in [1.807, 2.05) is 54.6 Å². The Morgan fingerprint density at radius 2 is 1.57 bits per heavy atom. The molecular weight excluding hydrogens is 462 g/mol. The van der Waals surface area contributed by atoms with Crippen molar-refractivity contribution in [3.05, 3.63) is 101 Å². The third-order valence-corrected chi connectivity index (χ3v) is 6.89. The minimum absolute atomic E-state index is 0.206. The number of hydrogen-bond donors (Lipinski definition) is 2. The lowest BCUT2D eigenvalue weighted by Crippen LogP contribution is -2.48. The topological polar surface area (TPSA) is 81.9 Å². The maximum atomic E-state index is 13.4. The fraction of sp³-hybridized carbons (Fsp3) is 0.333. The highest BCUT2D eigenvalue weighted by Crippen LogP contribution is 2.25. The van der Waals surface area contributed by atoms with E-state index in [1.165, 1.54) is 0 Å².